The monoisotopic (exact) mass is 344 g/mol. The number of piperazine rings is 1. The van der Waals surface area contributed by atoms with Crippen LogP contribution in [-0.4, -0.2) is 55.6 Å². The Labute approximate surface area is 151 Å². The van der Waals surface area contributed by atoms with Gasteiger partial charge < -0.3 is 16.0 Å². The van der Waals surface area contributed by atoms with E-state index in [0.717, 1.165) is 51.0 Å². The Bertz CT molecular complexity index is 564. The summed E-state index contributed by atoms with van der Waals surface area (Å²) < 4.78 is 0. The molecule has 5 nitrogen and oxygen atoms in total. The van der Waals surface area contributed by atoms with Gasteiger partial charge in [0.1, 0.15) is 0 Å². The molecule has 2 atom stereocenters. The molecule has 138 valence electrons. The molecule has 2 fully saturated rings. The van der Waals surface area contributed by atoms with Crippen LogP contribution in [0.5, 0.6) is 0 Å². The fourth-order valence-electron chi connectivity index (χ4n) is 4.08. The molecule has 1 aliphatic heterocycles. The van der Waals surface area contributed by atoms with Crippen LogP contribution in [0.4, 0.5) is 5.69 Å². The van der Waals surface area contributed by atoms with Crippen LogP contribution in [0.25, 0.3) is 0 Å². The summed E-state index contributed by atoms with van der Waals surface area (Å²) in [6.07, 6.45) is 3.34. The first-order chi connectivity index (χ1) is 12.1. The minimum Gasteiger partial charge on any atom is -0.369 e. The Morgan fingerprint density at radius 2 is 1.84 bits per heavy atom. The Morgan fingerprint density at radius 1 is 1.16 bits per heavy atom. The zero-order valence-electron chi connectivity index (χ0n) is 15.6. The van der Waals surface area contributed by atoms with Crippen molar-refractivity contribution in [3.05, 3.63) is 29.8 Å². The van der Waals surface area contributed by atoms with Gasteiger partial charge in [0.15, 0.2) is 0 Å². The molecule has 1 heterocycles. The van der Waals surface area contributed by atoms with Gasteiger partial charge in [0.2, 0.25) is 0 Å². The average Bonchev–Trinajstić information content (AvgIpc) is 3.09. The van der Waals surface area contributed by atoms with E-state index in [4.69, 9.17) is 5.73 Å². The van der Waals surface area contributed by atoms with Crippen LogP contribution in [0.1, 0.15) is 43.5 Å². The third kappa shape index (κ3) is 4.33. The van der Waals surface area contributed by atoms with E-state index in [2.05, 4.69) is 41.1 Å². The summed E-state index contributed by atoms with van der Waals surface area (Å²) in [6.45, 7) is 9.45. The largest absolute Gasteiger partial charge is 0.369 e. The van der Waals surface area contributed by atoms with Gasteiger partial charge in [0, 0.05) is 49.5 Å². The van der Waals surface area contributed by atoms with Crippen molar-refractivity contribution in [1.82, 2.24) is 10.2 Å². The summed E-state index contributed by atoms with van der Waals surface area (Å²) >= 11 is 0. The molecular weight excluding hydrogens is 312 g/mol. The third-order valence-corrected chi connectivity index (χ3v) is 5.82. The maximum absolute atomic E-state index is 12.5. The number of nitrogens with two attached hydrogens (primary N) is 1. The smallest absolute Gasteiger partial charge is 0.251 e. The fraction of sp³-hybridized carbons (Fsp3) is 0.650. The molecule has 0 spiro atoms. The minimum absolute atomic E-state index is 0.0292. The van der Waals surface area contributed by atoms with Gasteiger partial charge in [-0.3, -0.25) is 9.69 Å². The highest BCUT2D eigenvalue weighted by atomic mass is 16.1. The van der Waals surface area contributed by atoms with E-state index in [-0.39, 0.29) is 11.9 Å². The minimum atomic E-state index is 0.0292. The third-order valence-electron chi connectivity index (χ3n) is 5.82. The lowest BCUT2D eigenvalue weighted by molar-refractivity contribution is 0.0929. The van der Waals surface area contributed by atoms with E-state index in [1.54, 1.807) is 0 Å². The van der Waals surface area contributed by atoms with Crippen molar-refractivity contribution >= 4 is 11.6 Å². The summed E-state index contributed by atoms with van der Waals surface area (Å²) in [5.41, 5.74) is 7.76. The van der Waals surface area contributed by atoms with E-state index in [0.29, 0.717) is 18.5 Å². The lowest BCUT2D eigenvalue weighted by Crippen LogP contribution is -2.48. The molecular formula is C20H32N4O. The number of benzene rings is 1. The van der Waals surface area contributed by atoms with Gasteiger partial charge in [-0.1, -0.05) is 6.42 Å². The fourth-order valence-corrected chi connectivity index (χ4v) is 4.08. The summed E-state index contributed by atoms with van der Waals surface area (Å²) in [6, 6.07) is 8.91. The van der Waals surface area contributed by atoms with Crippen molar-refractivity contribution in [3.8, 4) is 0 Å². The Hall–Kier alpha value is -1.59. The van der Waals surface area contributed by atoms with Gasteiger partial charge in [-0.2, -0.15) is 0 Å². The van der Waals surface area contributed by atoms with E-state index in [1.165, 1.54) is 5.69 Å². The predicted molar refractivity (Wildman–Crippen MR) is 103 cm³/mol. The molecule has 25 heavy (non-hydrogen) atoms. The number of carbonyl (C=O) groups is 1. The van der Waals surface area contributed by atoms with E-state index in [9.17, 15) is 4.79 Å². The van der Waals surface area contributed by atoms with Crippen molar-refractivity contribution in [2.45, 2.75) is 45.2 Å². The maximum atomic E-state index is 12.5. The molecule has 0 radical (unpaired) electrons. The SMILES string of the molecule is CC(C)N1CCN(c2ccc(C(=O)NC3CCCC3CN)cc2)CC1. The molecule has 1 aromatic carbocycles. The van der Waals surface area contributed by atoms with Crippen LogP contribution in [0.3, 0.4) is 0 Å². The van der Waals surface area contributed by atoms with Crippen molar-refractivity contribution < 1.29 is 4.79 Å². The zero-order chi connectivity index (χ0) is 17.8. The highest BCUT2D eigenvalue weighted by Gasteiger charge is 2.27. The van der Waals surface area contributed by atoms with Crippen molar-refractivity contribution in [2.75, 3.05) is 37.6 Å². The highest BCUT2D eigenvalue weighted by molar-refractivity contribution is 5.94. The first-order valence-electron chi connectivity index (χ1n) is 9.68. The number of carbonyl (C=O) groups excluding carboxylic acids is 1. The number of hydrogen-bond donors (Lipinski definition) is 2. The van der Waals surface area contributed by atoms with Crippen LogP contribution in [0.15, 0.2) is 24.3 Å². The highest BCUT2D eigenvalue weighted by Crippen LogP contribution is 2.25. The van der Waals surface area contributed by atoms with E-state index in [1.807, 2.05) is 12.1 Å². The Balaban J connectivity index is 1.56. The molecule has 2 unspecified atom stereocenters. The summed E-state index contributed by atoms with van der Waals surface area (Å²) in [5.74, 6) is 0.460. The van der Waals surface area contributed by atoms with E-state index < -0.39 is 0 Å². The first kappa shape index (κ1) is 18.2. The molecule has 1 saturated carbocycles. The average molecular weight is 345 g/mol. The lowest BCUT2D eigenvalue weighted by atomic mass is 10.0. The Kier molecular flexibility index (Phi) is 5.97. The van der Waals surface area contributed by atoms with Crippen LogP contribution >= 0.6 is 0 Å². The first-order valence-corrected chi connectivity index (χ1v) is 9.68. The standard InChI is InChI=1S/C20H32N4O/c1-15(2)23-10-12-24(13-11-23)18-8-6-16(7-9-18)20(25)22-19-5-3-4-17(19)14-21/h6-9,15,17,19H,3-5,10-14,21H2,1-2H3,(H,22,25). The lowest BCUT2D eigenvalue weighted by Gasteiger charge is -2.38. The number of nitrogens with zero attached hydrogens (tertiary/aromatic N) is 2. The normalized spacial score (nSPS) is 24.7. The predicted octanol–water partition coefficient (Wildman–Crippen LogP) is 2.07. The van der Waals surface area contributed by atoms with Gasteiger partial charge in [-0.25, -0.2) is 0 Å². The van der Waals surface area contributed by atoms with Gasteiger partial charge in [-0.05, 0) is 63.4 Å². The number of rotatable bonds is 5. The summed E-state index contributed by atoms with van der Waals surface area (Å²) in [4.78, 5) is 17.4. The second-order valence-electron chi connectivity index (χ2n) is 7.67. The molecule has 3 N–H and O–H groups in total. The number of nitrogens with one attached hydrogen (secondary N) is 1. The molecule has 0 bridgehead atoms. The van der Waals surface area contributed by atoms with Crippen LogP contribution in [-0.2, 0) is 0 Å². The molecule has 1 aromatic rings. The van der Waals surface area contributed by atoms with Gasteiger partial charge >= 0.3 is 0 Å². The zero-order valence-corrected chi connectivity index (χ0v) is 15.6. The molecule has 2 aliphatic rings. The van der Waals surface area contributed by atoms with Gasteiger partial charge in [0.05, 0.1) is 0 Å². The van der Waals surface area contributed by atoms with Crippen LogP contribution in [0, 0.1) is 5.92 Å². The quantitative estimate of drug-likeness (QED) is 0.858. The van der Waals surface area contributed by atoms with Gasteiger partial charge in [-0.15, -0.1) is 0 Å². The van der Waals surface area contributed by atoms with Crippen LogP contribution in [0.2, 0.25) is 0 Å². The molecule has 0 aromatic heterocycles. The summed E-state index contributed by atoms with van der Waals surface area (Å²) in [7, 11) is 0. The van der Waals surface area contributed by atoms with Crippen molar-refractivity contribution in [1.29, 1.82) is 0 Å². The van der Waals surface area contributed by atoms with E-state index >= 15 is 0 Å². The van der Waals surface area contributed by atoms with Crippen molar-refractivity contribution in [3.63, 3.8) is 0 Å². The molecule has 1 amide bonds. The topological polar surface area (TPSA) is 61.6 Å². The second kappa shape index (κ2) is 8.19. The molecule has 1 aliphatic carbocycles. The molecule has 5 heteroatoms. The Morgan fingerprint density at radius 3 is 2.44 bits per heavy atom. The maximum Gasteiger partial charge on any atom is 0.251 e. The molecule has 1 saturated heterocycles. The number of amides is 1. The summed E-state index contributed by atoms with van der Waals surface area (Å²) in [5, 5.41) is 3.17. The molecule has 3 rings (SSSR count). The second-order valence-corrected chi connectivity index (χ2v) is 7.67. The number of hydrogen-bond acceptors (Lipinski definition) is 4. The van der Waals surface area contributed by atoms with Crippen LogP contribution < -0.4 is 16.0 Å². The number of anilines is 1. The van der Waals surface area contributed by atoms with Crippen molar-refractivity contribution in [2.24, 2.45) is 11.7 Å². The van der Waals surface area contributed by atoms with Gasteiger partial charge in [0.25, 0.3) is 5.91 Å².